The Bertz CT molecular complexity index is 1300. The Morgan fingerprint density at radius 2 is 1.80 bits per heavy atom. The van der Waals surface area contributed by atoms with Gasteiger partial charge in [0.25, 0.3) is 0 Å². The van der Waals surface area contributed by atoms with Gasteiger partial charge in [-0.15, -0.1) is 10.2 Å². The number of rotatable bonds is 7. The van der Waals surface area contributed by atoms with E-state index < -0.39 is 17.9 Å². The number of aromatic nitrogens is 5. The van der Waals surface area contributed by atoms with Crippen LogP contribution in [-0.2, 0) is 21.3 Å². The van der Waals surface area contributed by atoms with Crippen molar-refractivity contribution in [3.05, 3.63) is 42.9 Å². The van der Waals surface area contributed by atoms with Crippen LogP contribution in [0.1, 0.15) is 0 Å². The molecule has 0 aliphatic rings. The monoisotopic (exact) mass is 443 g/mol. The van der Waals surface area contributed by atoms with Crippen LogP contribution in [0.3, 0.4) is 0 Å². The number of hydrogen-bond donors (Lipinski definition) is 0. The van der Waals surface area contributed by atoms with Gasteiger partial charge >= 0.3 is 0 Å². The minimum absolute atomic E-state index is 0.270. The average Bonchev–Trinajstić information content (AvgIpc) is 3.30. The van der Waals surface area contributed by atoms with Crippen molar-refractivity contribution in [2.45, 2.75) is 37.3 Å². The van der Waals surface area contributed by atoms with Gasteiger partial charge in [-0.2, -0.15) is 0 Å². The molecule has 0 N–H and O–H groups in total. The lowest BCUT2D eigenvalue weighted by atomic mass is 10.2. The summed E-state index contributed by atoms with van der Waals surface area (Å²) in [6, 6.07) is 9.75. The molecule has 30 heavy (non-hydrogen) atoms. The first kappa shape index (κ1) is 20.7. The molecule has 0 saturated carbocycles. The minimum Gasteiger partial charge on any atom is -0.361 e. The van der Waals surface area contributed by atoms with Gasteiger partial charge in [0, 0.05) is 32.7 Å². The van der Waals surface area contributed by atoms with E-state index in [0.29, 0.717) is 18.2 Å². The van der Waals surface area contributed by atoms with Crippen molar-refractivity contribution in [3.8, 4) is 11.4 Å². The van der Waals surface area contributed by atoms with Crippen LogP contribution in [0.5, 0.6) is 0 Å². The standard InChI is InChI=1S/C20H25N5O3SSi/c1-29(26,27)16-7-5-15(6-8-16)18-22-19-17(20-23-21-13-25(18)20)9-10-24(19)14-28-11-12-30(2,3)4/h5-10,13H,11-12,14H2,1-4H3. The second kappa shape index (κ2) is 7.60. The Labute approximate surface area is 176 Å². The second-order valence-electron chi connectivity index (χ2n) is 8.63. The van der Waals surface area contributed by atoms with E-state index in [1.165, 1.54) is 6.26 Å². The van der Waals surface area contributed by atoms with E-state index >= 15 is 0 Å². The molecule has 0 atom stereocenters. The molecule has 0 amide bonds. The van der Waals surface area contributed by atoms with Crippen molar-refractivity contribution in [1.82, 2.24) is 24.1 Å². The van der Waals surface area contributed by atoms with Crippen molar-refractivity contribution in [2.75, 3.05) is 12.9 Å². The fourth-order valence-corrected chi connectivity index (χ4v) is 4.58. The predicted molar refractivity (Wildman–Crippen MR) is 119 cm³/mol. The molecule has 158 valence electrons. The molecular weight excluding hydrogens is 418 g/mol. The van der Waals surface area contributed by atoms with Crippen LogP contribution >= 0.6 is 0 Å². The second-order valence-corrected chi connectivity index (χ2v) is 16.3. The lowest BCUT2D eigenvalue weighted by Gasteiger charge is -2.15. The third kappa shape index (κ3) is 4.16. The number of sulfone groups is 1. The van der Waals surface area contributed by atoms with Crippen molar-refractivity contribution >= 4 is 34.6 Å². The molecule has 0 radical (unpaired) electrons. The Hall–Kier alpha value is -2.56. The molecular formula is C20H25N5O3SSi. The number of ether oxygens (including phenoxy) is 1. The zero-order valence-electron chi connectivity index (χ0n) is 17.5. The zero-order chi connectivity index (χ0) is 21.5. The topological polar surface area (TPSA) is 91.4 Å². The number of benzene rings is 1. The van der Waals surface area contributed by atoms with E-state index in [9.17, 15) is 8.42 Å². The van der Waals surface area contributed by atoms with E-state index in [-0.39, 0.29) is 4.90 Å². The number of fused-ring (bicyclic) bond motifs is 3. The Kier molecular flexibility index (Phi) is 5.24. The summed E-state index contributed by atoms with van der Waals surface area (Å²) in [7, 11) is -4.40. The van der Waals surface area contributed by atoms with Gasteiger partial charge in [-0.25, -0.2) is 13.4 Å². The fraction of sp³-hybridized carbons (Fsp3) is 0.350. The highest BCUT2D eigenvalue weighted by molar-refractivity contribution is 7.90. The highest BCUT2D eigenvalue weighted by atomic mass is 32.2. The van der Waals surface area contributed by atoms with Crippen molar-refractivity contribution < 1.29 is 13.2 Å². The molecule has 4 aromatic rings. The van der Waals surface area contributed by atoms with Gasteiger partial charge in [0.15, 0.2) is 15.5 Å². The molecule has 0 aliphatic heterocycles. The largest absolute Gasteiger partial charge is 0.361 e. The zero-order valence-corrected chi connectivity index (χ0v) is 19.3. The summed E-state index contributed by atoms with van der Waals surface area (Å²) in [5, 5.41) is 9.19. The van der Waals surface area contributed by atoms with Crippen molar-refractivity contribution in [1.29, 1.82) is 0 Å². The van der Waals surface area contributed by atoms with Crippen LogP contribution in [0.2, 0.25) is 25.7 Å². The highest BCUT2D eigenvalue weighted by Crippen LogP contribution is 2.26. The lowest BCUT2D eigenvalue weighted by molar-refractivity contribution is 0.0899. The molecule has 0 spiro atoms. The average molecular weight is 444 g/mol. The van der Waals surface area contributed by atoms with Crippen LogP contribution in [-0.4, -0.2) is 53.5 Å². The molecule has 8 nitrogen and oxygen atoms in total. The van der Waals surface area contributed by atoms with Crippen LogP contribution in [0.15, 0.2) is 47.8 Å². The van der Waals surface area contributed by atoms with Gasteiger partial charge < -0.3 is 9.30 Å². The quantitative estimate of drug-likeness (QED) is 0.321. The van der Waals surface area contributed by atoms with Crippen LogP contribution < -0.4 is 0 Å². The molecule has 1 aromatic carbocycles. The van der Waals surface area contributed by atoms with Gasteiger partial charge in [-0.1, -0.05) is 19.6 Å². The first-order chi connectivity index (χ1) is 14.1. The third-order valence-electron chi connectivity index (χ3n) is 4.93. The maximum absolute atomic E-state index is 11.8. The van der Waals surface area contributed by atoms with E-state index in [2.05, 4.69) is 29.8 Å². The summed E-state index contributed by atoms with van der Waals surface area (Å²) in [5.41, 5.74) is 2.23. The number of hydrogen-bond acceptors (Lipinski definition) is 6. The molecule has 0 saturated heterocycles. The molecule has 10 heteroatoms. The van der Waals surface area contributed by atoms with Crippen LogP contribution in [0.4, 0.5) is 0 Å². The van der Waals surface area contributed by atoms with Crippen molar-refractivity contribution in [2.24, 2.45) is 0 Å². The summed E-state index contributed by atoms with van der Waals surface area (Å²) in [4.78, 5) is 5.12. The maximum atomic E-state index is 11.8. The molecule has 4 rings (SSSR count). The van der Waals surface area contributed by atoms with Gasteiger partial charge in [-0.3, -0.25) is 4.40 Å². The van der Waals surface area contributed by atoms with Gasteiger partial charge in [-0.05, 0) is 36.4 Å². The number of nitrogens with zero attached hydrogens (tertiary/aromatic N) is 5. The predicted octanol–water partition coefficient (Wildman–Crippen LogP) is 3.46. The third-order valence-corrected chi connectivity index (χ3v) is 7.76. The van der Waals surface area contributed by atoms with Gasteiger partial charge in [0.2, 0.25) is 0 Å². The molecule has 0 aliphatic carbocycles. The normalized spacial score (nSPS) is 12.8. The first-order valence-electron chi connectivity index (χ1n) is 9.70. The lowest BCUT2D eigenvalue weighted by Crippen LogP contribution is -2.22. The fourth-order valence-electron chi connectivity index (χ4n) is 3.19. The maximum Gasteiger partial charge on any atom is 0.175 e. The first-order valence-corrected chi connectivity index (χ1v) is 15.3. The van der Waals surface area contributed by atoms with E-state index in [4.69, 9.17) is 9.72 Å². The summed E-state index contributed by atoms with van der Waals surface area (Å²) in [6.07, 6.45) is 4.75. The van der Waals surface area contributed by atoms with E-state index in [1.54, 1.807) is 30.6 Å². The van der Waals surface area contributed by atoms with Gasteiger partial charge in [0.05, 0.1) is 10.3 Å². The Morgan fingerprint density at radius 3 is 2.47 bits per heavy atom. The smallest absolute Gasteiger partial charge is 0.175 e. The summed E-state index contributed by atoms with van der Waals surface area (Å²) < 4.78 is 33.2. The van der Waals surface area contributed by atoms with E-state index in [1.807, 2.05) is 21.2 Å². The SMILES string of the molecule is C[Si](C)(C)CCOCn1ccc2c1nc(-c1ccc(S(C)(=O)=O)cc1)n1cnnc21. The molecule has 3 heterocycles. The van der Waals surface area contributed by atoms with Gasteiger partial charge in [0.1, 0.15) is 24.5 Å². The Morgan fingerprint density at radius 1 is 1.07 bits per heavy atom. The summed E-state index contributed by atoms with van der Waals surface area (Å²) >= 11 is 0. The van der Waals surface area contributed by atoms with E-state index in [0.717, 1.165) is 29.2 Å². The molecule has 0 unspecified atom stereocenters. The minimum atomic E-state index is -3.26. The summed E-state index contributed by atoms with van der Waals surface area (Å²) in [5.74, 6) is 0.643. The van der Waals surface area contributed by atoms with Crippen LogP contribution in [0.25, 0.3) is 28.1 Å². The van der Waals surface area contributed by atoms with Crippen LogP contribution in [0, 0.1) is 0 Å². The molecule has 0 fully saturated rings. The molecule has 3 aromatic heterocycles. The highest BCUT2D eigenvalue weighted by Gasteiger charge is 2.16. The summed E-state index contributed by atoms with van der Waals surface area (Å²) in [6.45, 7) is 8.12. The Balaban J connectivity index is 1.72. The molecule has 0 bridgehead atoms. The van der Waals surface area contributed by atoms with Crippen molar-refractivity contribution in [3.63, 3.8) is 0 Å².